The van der Waals surface area contributed by atoms with E-state index in [0.717, 1.165) is 0 Å². The van der Waals surface area contributed by atoms with Gasteiger partial charge in [-0.15, -0.1) is 0 Å². The molecule has 4 N–H and O–H groups in total. The lowest BCUT2D eigenvalue weighted by molar-refractivity contribution is -0.180. The SMILES string of the molecule is CNC(=O)c1cccc(Oc2cccc([C@H]3OC(CO)CC(O)C3O)c2F)c1. The van der Waals surface area contributed by atoms with Crippen LogP contribution in [0.15, 0.2) is 42.5 Å². The Kier molecular flexibility index (Phi) is 6.25. The van der Waals surface area contributed by atoms with Crippen molar-refractivity contribution in [2.45, 2.75) is 30.8 Å². The van der Waals surface area contributed by atoms with Crippen LogP contribution in [0.25, 0.3) is 0 Å². The van der Waals surface area contributed by atoms with Crippen LogP contribution in [0.2, 0.25) is 0 Å². The highest BCUT2D eigenvalue weighted by Crippen LogP contribution is 2.36. The van der Waals surface area contributed by atoms with Crippen molar-refractivity contribution in [3.05, 3.63) is 59.4 Å². The Bertz CT molecular complexity index is 845. The number of hydrogen-bond acceptors (Lipinski definition) is 6. The molecule has 0 radical (unpaired) electrons. The van der Waals surface area contributed by atoms with Gasteiger partial charge in [-0.05, 0) is 24.3 Å². The monoisotopic (exact) mass is 391 g/mol. The molecule has 28 heavy (non-hydrogen) atoms. The number of amides is 1. The fourth-order valence-electron chi connectivity index (χ4n) is 3.13. The minimum atomic E-state index is -1.34. The lowest BCUT2D eigenvalue weighted by Gasteiger charge is -2.37. The number of hydrogen-bond donors (Lipinski definition) is 4. The van der Waals surface area contributed by atoms with Gasteiger partial charge in [-0.3, -0.25) is 4.79 Å². The van der Waals surface area contributed by atoms with E-state index in [9.17, 15) is 20.1 Å². The number of aliphatic hydroxyl groups is 3. The van der Waals surface area contributed by atoms with Crippen LogP contribution in [0.4, 0.5) is 4.39 Å². The smallest absolute Gasteiger partial charge is 0.251 e. The average Bonchev–Trinajstić information content (AvgIpc) is 2.71. The molecule has 3 rings (SSSR count). The number of aliphatic hydroxyl groups excluding tert-OH is 3. The van der Waals surface area contributed by atoms with Crippen molar-refractivity contribution >= 4 is 5.91 Å². The highest BCUT2D eigenvalue weighted by atomic mass is 19.1. The molecule has 0 bridgehead atoms. The Hall–Kier alpha value is -2.52. The molecule has 1 heterocycles. The molecular weight excluding hydrogens is 369 g/mol. The summed E-state index contributed by atoms with van der Waals surface area (Å²) in [4.78, 5) is 11.7. The van der Waals surface area contributed by atoms with Crippen molar-refractivity contribution in [3.8, 4) is 11.5 Å². The molecule has 7 nitrogen and oxygen atoms in total. The first kappa shape index (κ1) is 20.2. The summed E-state index contributed by atoms with van der Waals surface area (Å²) in [6.45, 7) is -0.357. The molecule has 0 aliphatic carbocycles. The summed E-state index contributed by atoms with van der Waals surface area (Å²) in [5.41, 5.74) is 0.362. The van der Waals surface area contributed by atoms with Crippen molar-refractivity contribution in [2.24, 2.45) is 0 Å². The summed E-state index contributed by atoms with van der Waals surface area (Å²) in [5.74, 6) is -0.927. The molecule has 0 aromatic heterocycles. The number of benzene rings is 2. The normalized spacial score (nSPS) is 24.6. The van der Waals surface area contributed by atoms with Crippen molar-refractivity contribution < 1.29 is 34.0 Å². The molecular formula is C20H22FNO6. The second kappa shape index (κ2) is 8.66. The fraction of sp³-hybridized carbons (Fsp3) is 0.350. The fourth-order valence-corrected chi connectivity index (χ4v) is 3.13. The second-order valence-electron chi connectivity index (χ2n) is 6.52. The van der Waals surface area contributed by atoms with Crippen molar-refractivity contribution in [2.75, 3.05) is 13.7 Å². The molecule has 1 aliphatic heterocycles. The largest absolute Gasteiger partial charge is 0.454 e. The summed E-state index contributed by atoms with van der Waals surface area (Å²) in [6.07, 6.45) is -4.30. The van der Waals surface area contributed by atoms with Crippen LogP contribution >= 0.6 is 0 Å². The minimum absolute atomic E-state index is 0.00431. The van der Waals surface area contributed by atoms with E-state index in [1.165, 1.54) is 31.3 Å². The maximum Gasteiger partial charge on any atom is 0.251 e. The van der Waals surface area contributed by atoms with Crippen molar-refractivity contribution in [1.29, 1.82) is 0 Å². The highest BCUT2D eigenvalue weighted by molar-refractivity contribution is 5.94. The van der Waals surface area contributed by atoms with E-state index in [0.29, 0.717) is 5.56 Å². The predicted molar refractivity (Wildman–Crippen MR) is 97.6 cm³/mol. The Morgan fingerprint density at radius 1 is 1.29 bits per heavy atom. The van der Waals surface area contributed by atoms with Gasteiger partial charge in [-0.1, -0.05) is 18.2 Å². The molecule has 2 aromatic rings. The Labute approximate surface area is 161 Å². The summed E-state index contributed by atoms with van der Waals surface area (Å²) >= 11 is 0. The number of carbonyl (C=O) groups is 1. The van der Waals surface area contributed by atoms with E-state index < -0.39 is 30.2 Å². The van der Waals surface area contributed by atoms with Crippen LogP contribution < -0.4 is 10.1 Å². The molecule has 3 unspecified atom stereocenters. The molecule has 2 aromatic carbocycles. The molecule has 0 saturated carbocycles. The maximum atomic E-state index is 15.1. The predicted octanol–water partition coefficient (Wildman–Crippen LogP) is 1.52. The third kappa shape index (κ3) is 4.15. The maximum absolute atomic E-state index is 15.1. The second-order valence-corrected chi connectivity index (χ2v) is 6.52. The first-order valence-electron chi connectivity index (χ1n) is 8.85. The van der Waals surface area contributed by atoms with E-state index in [4.69, 9.17) is 9.47 Å². The van der Waals surface area contributed by atoms with Gasteiger partial charge in [0.25, 0.3) is 5.91 Å². The van der Waals surface area contributed by atoms with Crippen molar-refractivity contribution in [3.63, 3.8) is 0 Å². The van der Waals surface area contributed by atoms with Crippen LogP contribution in [0.5, 0.6) is 11.5 Å². The summed E-state index contributed by atoms with van der Waals surface area (Å²) in [6, 6.07) is 10.6. The molecule has 1 saturated heterocycles. The zero-order valence-corrected chi connectivity index (χ0v) is 15.2. The third-order valence-corrected chi connectivity index (χ3v) is 4.60. The number of rotatable bonds is 5. The Morgan fingerprint density at radius 2 is 2.04 bits per heavy atom. The first-order chi connectivity index (χ1) is 13.4. The third-order valence-electron chi connectivity index (χ3n) is 4.60. The van der Waals surface area contributed by atoms with Gasteiger partial charge in [0.1, 0.15) is 18.0 Å². The van der Waals surface area contributed by atoms with Gasteiger partial charge in [0.15, 0.2) is 11.6 Å². The minimum Gasteiger partial charge on any atom is -0.454 e. The van der Waals surface area contributed by atoms with Gasteiger partial charge >= 0.3 is 0 Å². The average molecular weight is 391 g/mol. The van der Waals surface area contributed by atoms with Gasteiger partial charge in [0, 0.05) is 24.6 Å². The summed E-state index contributed by atoms with van der Waals surface area (Å²) in [5, 5.41) is 32.0. The molecule has 1 fully saturated rings. The first-order valence-corrected chi connectivity index (χ1v) is 8.85. The van der Waals surface area contributed by atoms with Crippen LogP contribution in [-0.2, 0) is 4.74 Å². The number of carbonyl (C=O) groups excluding carboxylic acids is 1. The van der Waals surface area contributed by atoms with E-state index >= 15 is 4.39 Å². The molecule has 4 atom stereocenters. The Balaban J connectivity index is 1.88. The molecule has 8 heteroatoms. The zero-order chi connectivity index (χ0) is 20.3. The zero-order valence-electron chi connectivity index (χ0n) is 15.2. The summed E-state index contributed by atoms with van der Waals surface area (Å²) in [7, 11) is 1.50. The van der Waals surface area contributed by atoms with Crippen molar-refractivity contribution in [1.82, 2.24) is 5.32 Å². The van der Waals surface area contributed by atoms with E-state index in [1.807, 2.05) is 0 Å². The van der Waals surface area contributed by atoms with E-state index in [2.05, 4.69) is 5.32 Å². The van der Waals surface area contributed by atoms with E-state index in [1.54, 1.807) is 18.2 Å². The number of halogens is 1. The van der Waals surface area contributed by atoms with Crippen LogP contribution in [0.3, 0.4) is 0 Å². The van der Waals surface area contributed by atoms with Gasteiger partial charge in [0.05, 0.1) is 18.8 Å². The van der Waals surface area contributed by atoms with Gasteiger partial charge < -0.3 is 30.1 Å². The number of nitrogens with one attached hydrogen (secondary N) is 1. The van der Waals surface area contributed by atoms with Gasteiger partial charge in [-0.2, -0.15) is 0 Å². The van der Waals surface area contributed by atoms with Gasteiger partial charge in [-0.25, -0.2) is 4.39 Å². The quantitative estimate of drug-likeness (QED) is 0.616. The van der Waals surface area contributed by atoms with E-state index in [-0.39, 0.29) is 36.0 Å². The summed E-state index contributed by atoms with van der Waals surface area (Å²) < 4.78 is 26.2. The Morgan fingerprint density at radius 3 is 2.75 bits per heavy atom. The lowest BCUT2D eigenvalue weighted by Crippen LogP contribution is -2.44. The van der Waals surface area contributed by atoms with Gasteiger partial charge in [0.2, 0.25) is 0 Å². The van der Waals surface area contributed by atoms with Crippen LogP contribution in [0.1, 0.15) is 28.4 Å². The molecule has 0 spiro atoms. The molecule has 1 aliphatic rings. The number of ether oxygens (including phenoxy) is 2. The van der Waals surface area contributed by atoms with Crippen LogP contribution in [-0.4, -0.2) is 53.2 Å². The molecule has 150 valence electrons. The standard InChI is InChI=1S/C20H22FNO6/c1-22-20(26)11-4-2-5-12(8-11)27-16-7-3-6-14(17(16)21)19-18(25)15(24)9-13(10-23)28-19/h2-8,13,15,18-19,23-25H,9-10H2,1H3,(H,22,26)/t13?,15?,18?,19-/m1/s1. The van der Waals surface area contributed by atoms with Crippen LogP contribution in [0, 0.1) is 5.82 Å². The lowest BCUT2D eigenvalue weighted by atomic mass is 9.93. The highest BCUT2D eigenvalue weighted by Gasteiger charge is 2.39. The molecule has 1 amide bonds. The topological polar surface area (TPSA) is 108 Å².